The molecule has 0 atom stereocenters. The van der Waals surface area contributed by atoms with Crippen molar-refractivity contribution in [3.8, 4) is 28.1 Å². The van der Waals surface area contributed by atoms with Crippen LogP contribution < -0.4 is 4.74 Å². The summed E-state index contributed by atoms with van der Waals surface area (Å²) in [6, 6.07) is 20.1. The van der Waals surface area contributed by atoms with E-state index in [1.807, 2.05) is 42.6 Å². The first-order valence-electron chi connectivity index (χ1n) is 6.63. The van der Waals surface area contributed by atoms with Gasteiger partial charge in [0.1, 0.15) is 0 Å². The summed E-state index contributed by atoms with van der Waals surface area (Å²) in [6.07, 6.45) is 1.82. The SMILES string of the molecule is COc1ccc(-c2ccc(-c3ccc(Cl)cc3)cc2)cn1. The van der Waals surface area contributed by atoms with E-state index in [1.54, 1.807) is 7.11 Å². The van der Waals surface area contributed by atoms with Gasteiger partial charge < -0.3 is 4.74 Å². The maximum absolute atomic E-state index is 5.91. The number of hydrogen-bond acceptors (Lipinski definition) is 2. The Hall–Kier alpha value is -2.32. The van der Waals surface area contributed by atoms with Gasteiger partial charge >= 0.3 is 0 Å². The number of hydrogen-bond donors (Lipinski definition) is 0. The number of halogens is 1. The lowest BCUT2D eigenvalue weighted by Crippen LogP contribution is -1.87. The molecule has 0 N–H and O–H groups in total. The average molecular weight is 296 g/mol. The highest BCUT2D eigenvalue weighted by Gasteiger charge is 2.01. The second-order valence-corrected chi connectivity index (χ2v) is 5.11. The molecule has 0 aliphatic rings. The maximum Gasteiger partial charge on any atom is 0.212 e. The quantitative estimate of drug-likeness (QED) is 0.672. The number of rotatable bonds is 3. The number of nitrogens with zero attached hydrogens (tertiary/aromatic N) is 1. The Kier molecular flexibility index (Phi) is 3.89. The molecule has 0 fully saturated rings. The van der Waals surface area contributed by atoms with E-state index in [1.165, 1.54) is 0 Å². The summed E-state index contributed by atoms with van der Waals surface area (Å²) < 4.78 is 5.07. The summed E-state index contributed by atoms with van der Waals surface area (Å²) in [5.41, 5.74) is 4.51. The molecule has 3 heteroatoms. The van der Waals surface area contributed by atoms with Crippen molar-refractivity contribution in [1.82, 2.24) is 4.98 Å². The average Bonchev–Trinajstić information content (AvgIpc) is 2.56. The first-order chi connectivity index (χ1) is 10.3. The van der Waals surface area contributed by atoms with E-state index in [2.05, 4.69) is 29.2 Å². The predicted octanol–water partition coefficient (Wildman–Crippen LogP) is 5.08. The van der Waals surface area contributed by atoms with Crippen molar-refractivity contribution in [3.63, 3.8) is 0 Å². The van der Waals surface area contributed by atoms with Crippen LogP contribution in [-0.2, 0) is 0 Å². The van der Waals surface area contributed by atoms with Crippen LogP contribution in [-0.4, -0.2) is 12.1 Å². The van der Waals surface area contributed by atoms with Crippen LogP contribution in [0, 0.1) is 0 Å². The highest BCUT2D eigenvalue weighted by atomic mass is 35.5. The highest BCUT2D eigenvalue weighted by molar-refractivity contribution is 6.30. The molecule has 0 amide bonds. The van der Waals surface area contributed by atoms with Gasteiger partial charge in [0.15, 0.2) is 0 Å². The van der Waals surface area contributed by atoms with Crippen molar-refractivity contribution in [2.75, 3.05) is 7.11 Å². The molecular weight excluding hydrogens is 282 g/mol. The topological polar surface area (TPSA) is 22.1 Å². The Balaban J connectivity index is 1.87. The third-order valence-corrected chi connectivity index (χ3v) is 3.59. The molecule has 3 aromatic rings. The number of ether oxygens (including phenoxy) is 1. The Labute approximate surface area is 129 Å². The van der Waals surface area contributed by atoms with Gasteiger partial charge in [-0.3, -0.25) is 0 Å². The van der Waals surface area contributed by atoms with Crippen molar-refractivity contribution in [2.45, 2.75) is 0 Å². The zero-order valence-corrected chi connectivity index (χ0v) is 12.3. The lowest BCUT2D eigenvalue weighted by molar-refractivity contribution is 0.398. The largest absolute Gasteiger partial charge is 0.481 e. The molecule has 0 unspecified atom stereocenters. The molecule has 0 saturated carbocycles. The van der Waals surface area contributed by atoms with Crippen LogP contribution in [0.5, 0.6) is 5.88 Å². The van der Waals surface area contributed by atoms with Gasteiger partial charge in [-0.1, -0.05) is 48.0 Å². The number of aromatic nitrogens is 1. The first kappa shape index (κ1) is 13.7. The number of pyridine rings is 1. The summed E-state index contributed by atoms with van der Waals surface area (Å²) in [5, 5.41) is 0.750. The molecule has 2 nitrogen and oxygen atoms in total. The molecule has 0 bridgehead atoms. The van der Waals surface area contributed by atoms with E-state index in [-0.39, 0.29) is 0 Å². The molecule has 0 spiro atoms. The van der Waals surface area contributed by atoms with Crippen LogP contribution in [0.15, 0.2) is 66.9 Å². The van der Waals surface area contributed by atoms with Gasteiger partial charge in [-0.05, 0) is 34.9 Å². The van der Waals surface area contributed by atoms with Crippen molar-refractivity contribution < 1.29 is 4.74 Å². The fourth-order valence-corrected chi connectivity index (χ4v) is 2.30. The lowest BCUT2D eigenvalue weighted by Gasteiger charge is -2.06. The molecular formula is C18H14ClNO. The molecule has 0 aliphatic heterocycles. The van der Waals surface area contributed by atoms with E-state index in [0.29, 0.717) is 5.88 Å². The smallest absolute Gasteiger partial charge is 0.212 e. The predicted molar refractivity (Wildman–Crippen MR) is 86.7 cm³/mol. The fraction of sp³-hybridized carbons (Fsp3) is 0.0556. The molecule has 0 saturated heterocycles. The highest BCUT2D eigenvalue weighted by Crippen LogP contribution is 2.26. The second-order valence-electron chi connectivity index (χ2n) is 4.67. The monoisotopic (exact) mass is 295 g/mol. The fourth-order valence-electron chi connectivity index (χ4n) is 2.17. The maximum atomic E-state index is 5.91. The number of methoxy groups -OCH3 is 1. The minimum atomic E-state index is 0.622. The standard InChI is InChI=1S/C18H14ClNO/c1-21-18-11-8-16(12-20-18)15-4-2-13(3-5-15)14-6-9-17(19)10-7-14/h2-12H,1H3. The lowest BCUT2D eigenvalue weighted by atomic mass is 10.0. The second kappa shape index (κ2) is 5.98. The molecule has 0 radical (unpaired) electrons. The van der Waals surface area contributed by atoms with E-state index in [9.17, 15) is 0 Å². The molecule has 1 aromatic heterocycles. The normalized spacial score (nSPS) is 10.4. The molecule has 2 aromatic carbocycles. The summed E-state index contributed by atoms with van der Waals surface area (Å²) in [4.78, 5) is 4.23. The van der Waals surface area contributed by atoms with Gasteiger partial charge in [-0.15, -0.1) is 0 Å². The summed E-state index contributed by atoms with van der Waals surface area (Å²) in [5.74, 6) is 0.622. The van der Waals surface area contributed by atoms with E-state index in [4.69, 9.17) is 16.3 Å². The van der Waals surface area contributed by atoms with Crippen molar-refractivity contribution >= 4 is 11.6 Å². The van der Waals surface area contributed by atoms with Gasteiger partial charge in [0.25, 0.3) is 0 Å². The Morgan fingerprint density at radius 3 is 1.67 bits per heavy atom. The van der Waals surface area contributed by atoms with E-state index < -0.39 is 0 Å². The van der Waals surface area contributed by atoms with Crippen LogP contribution in [0.1, 0.15) is 0 Å². The zero-order valence-electron chi connectivity index (χ0n) is 11.6. The van der Waals surface area contributed by atoms with Crippen LogP contribution in [0.3, 0.4) is 0 Å². The van der Waals surface area contributed by atoms with Gasteiger partial charge in [-0.25, -0.2) is 4.98 Å². The minimum absolute atomic E-state index is 0.622. The minimum Gasteiger partial charge on any atom is -0.481 e. The Morgan fingerprint density at radius 2 is 1.19 bits per heavy atom. The van der Waals surface area contributed by atoms with E-state index in [0.717, 1.165) is 27.3 Å². The summed E-state index contributed by atoms with van der Waals surface area (Å²) >= 11 is 5.91. The molecule has 0 aliphatic carbocycles. The van der Waals surface area contributed by atoms with Crippen LogP contribution in [0.25, 0.3) is 22.3 Å². The van der Waals surface area contributed by atoms with Crippen LogP contribution in [0.4, 0.5) is 0 Å². The van der Waals surface area contributed by atoms with Crippen molar-refractivity contribution in [3.05, 3.63) is 71.9 Å². The van der Waals surface area contributed by atoms with E-state index >= 15 is 0 Å². The summed E-state index contributed by atoms with van der Waals surface area (Å²) in [6.45, 7) is 0. The molecule has 104 valence electrons. The van der Waals surface area contributed by atoms with Gasteiger partial charge in [0.2, 0.25) is 5.88 Å². The van der Waals surface area contributed by atoms with Crippen molar-refractivity contribution in [1.29, 1.82) is 0 Å². The summed E-state index contributed by atoms with van der Waals surface area (Å²) in [7, 11) is 1.61. The van der Waals surface area contributed by atoms with Crippen LogP contribution >= 0.6 is 11.6 Å². The van der Waals surface area contributed by atoms with Gasteiger partial charge in [0, 0.05) is 22.8 Å². The molecule has 3 rings (SSSR count). The van der Waals surface area contributed by atoms with Crippen molar-refractivity contribution in [2.24, 2.45) is 0 Å². The van der Waals surface area contributed by atoms with Gasteiger partial charge in [-0.2, -0.15) is 0 Å². The first-order valence-corrected chi connectivity index (χ1v) is 7.00. The third-order valence-electron chi connectivity index (χ3n) is 3.34. The zero-order chi connectivity index (χ0) is 14.7. The Morgan fingerprint density at radius 1 is 0.714 bits per heavy atom. The van der Waals surface area contributed by atoms with Crippen LogP contribution in [0.2, 0.25) is 5.02 Å². The number of benzene rings is 2. The molecule has 1 heterocycles. The third kappa shape index (κ3) is 3.06. The molecule has 21 heavy (non-hydrogen) atoms. The van der Waals surface area contributed by atoms with Gasteiger partial charge in [0.05, 0.1) is 7.11 Å². The Bertz CT molecular complexity index is 719.